The van der Waals surface area contributed by atoms with Crippen LogP contribution < -0.4 is 15.4 Å². The number of ether oxygens (including phenoxy) is 2. The van der Waals surface area contributed by atoms with Gasteiger partial charge in [0.1, 0.15) is 12.3 Å². The van der Waals surface area contributed by atoms with Crippen LogP contribution in [0.3, 0.4) is 0 Å². The Morgan fingerprint density at radius 1 is 1.07 bits per heavy atom. The first-order valence-corrected chi connectivity index (χ1v) is 8.39. The molecule has 0 aliphatic rings. The van der Waals surface area contributed by atoms with E-state index in [0.717, 1.165) is 5.56 Å². The molecule has 142 valence electrons. The van der Waals surface area contributed by atoms with Crippen molar-refractivity contribution in [3.05, 3.63) is 59.7 Å². The third-order valence-corrected chi connectivity index (χ3v) is 3.72. The van der Waals surface area contributed by atoms with E-state index in [4.69, 9.17) is 9.47 Å². The minimum atomic E-state index is -1.03. The summed E-state index contributed by atoms with van der Waals surface area (Å²) >= 11 is 0. The summed E-state index contributed by atoms with van der Waals surface area (Å²) in [7, 11) is 1.49. The number of hydrogen-bond donors (Lipinski definition) is 2. The zero-order valence-electron chi connectivity index (χ0n) is 15.4. The number of hydrogen-bond acceptors (Lipinski definition) is 5. The van der Waals surface area contributed by atoms with E-state index in [1.54, 1.807) is 42.5 Å². The minimum Gasteiger partial charge on any atom is -0.495 e. The third kappa shape index (κ3) is 5.85. The highest BCUT2D eigenvalue weighted by Gasteiger charge is 2.19. The molecule has 7 nitrogen and oxygen atoms in total. The Morgan fingerprint density at radius 2 is 1.81 bits per heavy atom. The van der Waals surface area contributed by atoms with Gasteiger partial charge in [-0.15, -0.1) is 0 Å². The summed E-state index contributed by atoms with van der Waals surface area (Å²) in [5.74, 6) is -1.10. The summed E-state index contributed by atoms with van der Waals surface area (Å²) in [6.45, 7) is 2.98. The van der Waals surface area contributed by atoms with Crippen LogP contribution in [-0.4, -0.2) is 37.5 Å². The largest absolute Gasteiger partial charge is 0.495 e. The van der Waals surface area contributed by atoms with Gasteiger partial charge in [-0.05, 0) is 38.1 Å². The molecule has 2 aromatic carbocycles. The summed E-state index contributed by atoms with van der Waals surface area (Å²) in [6.07, 6.45) is -1.03. The Hall–Kier alpha value is -3.35. The highest BCUT2D eigenvalue weighted by molar-refractivity contribution is 5.98. The van der Waals surface area contributed by atoms with E-state index >= 15 is 0 Å². The molecule has 0 bridgehead atoms. The van der Waals surface area contributed by atoms with Gasteiger partial charge in [-0.3, -0.25) is 14.4 Å². The van der Waals surface area contributed by atoms with Crippen molar-refractivity contribution in [3.8, 4) is 5.75 Å². The van der Waals surface area contributed by atoms with Crippen LogP contribution in [0.4, 0.5) is 5.69 Å². The van der Waals surface area contributed by atoms with Gasteiger partial charge in [0, 0.05) is 5.56 Å². The first-order chi connectivity index (χ1) is 12.9. The van der Waals surface area contributed by atoms with Crippen molar-refractivity contribution < 1.29 is 23.9 Å². The number of para-hydroxylation sites is 2. The maximum Gasteiger partial charge on any atom is 0.326 e. The average molecular weight is 370 g/mol. The molecule has 0 aliphatic heterocycles. The molecule has 0 spiro atoms. The Morgan fingerprint density at radius 3 is 2.52 bits per heavy atom. The highest BCUT2D eigenvalue weighted by Crippen LogP contribution is 2.23. The number of carbonyl (C=O) groups excluding carboxylic acids is 3. The fraction of sp³-hybridized carbons (Fsp3) is 0.250. The fourth-order valence-corrected chi connectivity index (χ4v) is 2.32. The van der Waals surface area contributed by atoms with Crippen molar-refractivity contribution >= 4 is 23.5 Å². The standard InChI is InChI=1S/C20H22N2O5/c1-13-7-6-8-15(11-13)20(25)21-12-18(23)27-14(2)19(24)22-16-9-4-5-10-17(16)26-3/h4-11,14H,12H2,1-3H3,(H,21,25)(H,22,24)/t14-/m1/s1. The summed E-state index contributed by atoms with van der Waals surface area (Å²) in [5, 5.41) is 5.11. The van der Waals surface area contributed by atoms with Gasteiger partial charge in [0.05, 0.1) is 12.8 Å². The van der Waals surface area contributed by atoms with Crippen LogP contribution in [-0.2, 0) is 14.3 Å². The number of esters is 1. The Bertz CT molecular complexity index is 835. The topological polar surface area (TPSA) is 93.7 Å². The van der Waals surface area contributed by atoms with Gasteiger partial charge in [0.2, 0.25) is 0 Å². The number of nitrogens with one attached hydrogen (secondary N) is 2. The Labute approximate surface area is 157 Å². The zero-order chi connectivity index (χ0) is 19.8. The van der Waals surface area contributed by atoms with E-state index < -0.39 is 18.0 Å². The average Bonchev–Trinajstić information content (AvgIpc) is 2.66. The first kappa shape index (κ1) is 20.0. The molecule has 0 unspecified atom stereocenters. The number of methoxy groups -OCH3 is 1. The van der Waals surface area contributed by atoms with Crippen LogP contribution in [0.15, 0.2) is 48.5 Å². The molecule has 2 N–H and O–H groups in total. The molecule has 0 saturated carbocycles. The second-order valence-electron chi connectivity index (χ2n) is 5.87. The summed E-state index contributed by atoms with van der Waals surface area (Å²) < 4.78 is 10.2. The van der Waals surface area contributed by atoms with Gasteiger partial charge in [-0.2, -0.15) is 0 Å². The van der Waals surface area contributed by atoms with Crippen LogP contribution in [0.5, 0.6) is 5.75 Å². The minimum absolute atomic E-state index is 0.334. The van der Waals surface area contributed by atoms with Gasteiger partial charge in [-0.1, -0.05) is 29.8 Å². The third-order valence-electron chi connectivity index (χ3n) is 3.72. The lowest BCUT2D eigenvalue weighted by atomic mass is 10.1. The number of aryl methyl sites for hydroxylation is 1. The van der Waals surface area contributed by atoms with Gasteiger partial charge in [-0.25, -0.2) is 0 Å². The summed E-state index contributed by atoms with van der Waals surface area (Å²) in [6, 6.07) is 13.9. The fourth-order valence-electron chi connectivity index (χ4n) is 2.32. The van der Waals surface area contributed by atoms with E-state index in [0.29, 0.717) is 17.0 Å². The van der Waals surface area contributed by atoms with Crippen LogP contribution in [0, 0.1) is 6.92 Å². The second-order valence-corrected chi connectivity index (χ2v) is 5.87. The molecule has 0 aromatic heterocycles. The summed E-state index contributed by atoms with van der Waals surface area (Å²) in [4.78, 5) is 36.1. The number of carbonyl (C=O) groups is 3. The first-order valence-electron chi connectivity index (χ1n) is 8.39. The summed E-state index contributed by atoms with van der Waals surface area (Å²) in [5.41, 5.74) is 1.86. The van der Waals surface area contributed by atoms with E-state index in [2.05, 4.69) is 10.6 Å². The van der Waals surface area contributed by atoms with E-state index in [1.165, 1.54) is 14.0 Å². The molecule has 2 aromatic rings. The number of anilines is 1. The van der Waals surface area contributed by atoms with Crippen molar-refractivity contribution in [2.75, 3.05) is 19.0 Å². The Kier molecular flexibility index (Phi) is 6.93. The van der Waals surface area contributed by atoms with Crippen molar-refractivity contribution in [3.63, 3.8) is 0 Å². The van der Waals surface area contributed by atoms with Crippen molar-refractivity contribution in [1.82, 2.24) is 5.32 Å². The SMILES string of the molecule is COc1ccccc1NC(=O)[C@@H](C)OC(=O)CNC(=O)c1cccc(C)c1. The molecule has 1 atom stereocenters. The van der Waals surface area contributed by atoms with Crippen molar-refractivity contribution in [2.24, 2.45) is 0 Å². The molecule has 0 saturated heterocycles. The zero-order valence-corrected chi connectivity index (χ0v) is 15.4. The highest BCUT2D eigenvalue weighted by atomic mass is 16.5. The molecule has 0 aliphatic carbocycles. The van der Waals surface area contributed by atoms with E-state index in [9.17, 15) is 14.4 Å². The maximum absolute atomic E-state index is 12.2. The molecule has 2 rings (SSSR count). The number of rotatable bonds is 7. The monoisotopic (exact) mass is 370 g/mol. The van der Waals surface area contributed by atoms with Gasteiger partial charge in [0.25, 0.3) is 11.8 Å². The molecule has 7 heteroatoms. The molecule has 0 radical (unpaired) electrons. The van der Waals surface area contributed by atoms with Gasteiger partial charge >= 0.3 is 5.97 Å². The molecule has 0 heterocycles. The van der Waals surface area contributed by atoms with Gasteiger partial charge < -0.3 is 20.1 Å². The van der Waals surface area contributed by atoms with E-state index in [1.807, 2.05) is 13.0 Å². The van der Waals surface area contributed by atoms with Crippen LogP contribution in [0.25, 0.3) is 0 Å². The van der Waals surface area contributed by atoms with Crippen LogP contribution in [0.2, 0.25) is 0 Å². The predicted molar refractivity (Wildman–Crippen MR) is 101 cm³/mol. The smallest absolute Gasteiger partial charge is 0.326 e. The van der Waals surface area contributed by atoms with E-state index in [-0.39, 0.29) is 12.5 Å². The van der Waals surface area contributed by atoms with Gasteiger partial charge in [0.15, 0.2) is 6.10 Å². The van der Waals surface area contributed by atoms with Crippen molar-refractivity contribution in [2.45, 2.75) is 20.0 Å². The van der Waals surface area contributed by atoms with Crippen LogP contribution in [0.1, 0.15) is 22.8 Å². The van der Waals surface area contributed by atoms with Crippen LogP contribution >= 0.6 is 0 Å². The van der Waals surface area contributed by atoms with Crippen molar-refractivity contribution in [1.29, 1.82) is 0 Å². The lowest BCUT2D eigenvalue weighted by Crippen LogP contribution is -2.35. The molecular weight excluding hydrogens is 348 g/mol. The quantitative estimate of drug-likeness (QED) is 0.730. The normalized spacial score (nSPS) is 11.2. The second kappa shape index (κ2) is 9.38. The molecule has 0 fully saturated rings. The number of benzene rings is 2. The molecular formula is C20H22N2O5. The maximum atomic E-state index is 12.2. The lowest BCUT2D eigenvalue weighted by Gasteiger charge is -2.15. The lowest BCUT2D eigenvalue weighted by molar-refractivity contribution is -0.152. The molecule has 2 amide bonds. The Balaban J connectivity index is 1.84. The predicted octanol–water partition coefficient (Wildman–Crippen LogP) is 2.30. The molecule has 27 heavy (non-hydrogen) atoms. The number of amides is 2.